The molecule has 1 aromatic carbocycles. The van der Waals surface area contributed by atoms with E-state index in [2.05, 4.69) is 31.1 Å². The smallest absolute Gasteiger partial charge is 0.258 e. The van der Waals surface area contributed by atoms with Crippen LogP contribution < -0.4 is 0 Å². The van der Waals surface area contributed by atoms with Crippen molar-refractivity contribution in [3.63, 3.8) is 0 Å². The Morgan fingerprint density at radius 1 is 1.19 bits per heavy atom. The lowest BCUT2D eigenvalue weighted by molar-refractivity contribution is -0.137. The van der Waals surface area contributed by atoms with Crippen LogP contribution in [0.3, 0.4) is 0 Å². The van der Waals surface area contributed by atoms with Crippen molar-refractivity contribution in [1.29, 1.82) is 0 Å². The van der Waals surface area contributed by atoms with Crippen LogP contribution in [0.1, 0.15) is 5.56 Å². The minimum absolute atomic E-state index is 0.219. The average Bonchev–Trinajstić information content (AvgIpc) is 3.09. The second kappa shape index (κ2) is 5.27. The van der Waals surface area contributed by atoms with Gasteiger partial charge in [-0.25, -0.2) is 4.98 Å². The minimum atomic E-state index is -4.40. The van der Waals surface area contributed by atoms with Crippen LogP contribution in [0.25, 0.3) is 22.1 Å². The van der Waals surface area contributed by atoms with Crippen molar-refractivity contribution in [1.82, 2.24) is 15.2 Å². The van der Waals surface area contributed by atoms with Gasteiger partial charge in [-0.3, -0.25) is 5.10 Å². The monoisotopic (exact) mass is 373 g/mol. The normalized spacial score (nSPS) is 11.8. The van der Waals surface area contributed by atoms with E-state index in [1.807, 2.05) is 17.5 Å². The second-order valence-electron chi connectivity index (χ2n) is 4.18. The topological polar surface area (TPSA) is 41.6 Å². The maximum absolute atomic E-state index is 12.8. The largest absolute Gasteiger partial charge is 0.416 e. The summed E-state index contributed by atoms with van der Waals surface area (Å²) >= 11 is 4.70. The lowest BCUT2D eigenvalue weighted by atomic mass is 10.1. The third-order valence-corrected chi connectivity index (χ3v) is 4.34. The minimum Gasteiger partial charge on any atom is -0.258 e. The van der Waals surface area contributed by atoms with Gasteiger partial charge in [-0.15, -0.1) is 11.3 Å². The van der Waals surface area contributed by atoms with Crippen LogP contribution in [0.5, 0.6) is 0 Å². The molecule has 8 heteroatoms. The predicted octanol–water partition coefficient (Wildman–Crippen LogP) is 4.98. The van der Waals surface area contributed by atoms with E-state index in [1.54, 1.807) is 0 Å². The summed E-state index contributed by atoms with van der Waals surface area (Å²) in [7, 11) is 0. The maximum Gasteiger partial charge on any atom is 0.416 e. The molecule has 3 aromatic rings. The van der Waals surface area contributed by atoms with Gasteiger partial charge in [-0.05, 0) is 29.6 Å². The maximum atomic E-state index is 12.8. The fraction of sp³-hybridized carbons (Fsp3) is 0.0769. The molecule has 0 saturated heterocycles. The van der Waals surface area contributed by atoms with E-state index in [0.717, 1.165) is 17.0 Å². The van der Waals surface area contributed by atoms with E-state index in [-0.39, 0.29) is 5.82 Å². The molecule has 3 nitrogen and oxygen atoms in total. The van der Waals surface area contributed by atoms with Gasteiger partial charge >= 0.3 is 6.18 Å². The molecule has 2 aromatic heterocycles. The highest BCUT2D eigenvalue weighted by Gasteiger charge is 2.31. The molecule has 0 aliphatic carbocycles. The number of aromatic nitrogens is 3. The Morgan fingerprint density at radius 3 is 2.67 bits per heavy atom. The summed E-state index contributed by atoms with van der Waals surface area (Å²) in [5.74, 6) is 0.751. The molecule has 0 atom stereocenters. The van der Waals surface area contributed by atoms with Gasteiger partial charge in [0.25, 0.3) is 0 Å². The van der Waals surface area contributed by atoms with Gasteiger partial charge in [0.15, 0.2) is 11.6 Å². The molecule has 0 amide bonds. The number of hydrogen-bond acceptors (Lipinski definition) is 3. The number of alkyl halides is 3. The lowest BCUT2D eigenvalue weighted by Gasteiger charge is -2.08. The van der Waals surface area contributed by atoms with Crippen molar-refractivity contribution in [3.8, 4) is 22.1 Å². The van der Waals surface area contributed by atoms with Gasteiger partial charge in [0.2, 0.25) is 0 Å². The van der Waals surface area contributed by atoms with E-state index >= 15 is 0 Å². The molecule has 0 unspecified atom stereocenters. The zero-order chi connectivity index (χ0) is 15.0. The second-order valence-corrected chi connectivity index (χ2v) is 5.98. The highest BCUT2D eigenvalue weighted by Crippen LogP contribution is 2.35. The summed E-state index contributed by atoms with van der Waals surface area (Å²) in [6.45, 7) is 0. The summed E-state index contributed by atoms with van der Waals surface area (Å²) in [6, 6.07) is 7.11. The molecule has 21 heavy (non-hydrogen) atoms. The Hall–Kier alpha value is -1.67. The number of benzene rings is 1. The Balaban J connectivity index is 2.04. The van der Waals surface area contributed by atoms with Crippen molar-refractivity contribution in [2.24, 2.45) is 0 Å². The number of aromatic amines is 1. The van der Waals surface area contributed by atoms with Gasteiger partial charge in [0.05, 0.1) is 10.4 Å². The number of nitrogens with one attached hydrogen (secondary N) is 1. The molecular formula is C13H7BrF3N3S. The Bertz CT molecular complexity index is 765. The predicted molar refractivity (Wildman–Crippen MR) is 77.8 cm³/mol. The SMILES string of the molecule is FC(F)(F)c1ccc(Br)c(-c2n[nH]c(-c3cccs3)n2)c1. The fourth-order valence-corrected chi connectivity index (χ4v) is 2.87. The molecule has 0 aliphatic heterocycles. The van der Waals surface area contributed by atoms with Crippen LogP contribution in [-0.4, -0.2) is 15.2 Å². The molecular weight excluding hydrogens is 367 g/mol. The highest BCUT2D eigenvalue weighted by atomic mass is 79.9. The van der Waals surface area contributed by atoms with Crippen LogP contribution >= 0.6 is 27.3 Å². The molecule has 2 heterocycles. The number of hydrogen-bond donors (Lipinski definition) is 1. The molecule has 108 valence electrons. The fourth-order valence-electron chi connectivity index (χ4n) is 1.78. The summed E-state index contributed by atoms with van der Waals surface area (Å²) in [5.41, 5.74) is -0.438. The molecule has 0 spiro atoms. The molecule has 3 rings (SSSR count). The Morgan fingerprint density at radius 2 is 2.00 bits per heavy atom. The van der Waals surface area contributed by atoms with E-state index in [0.29, 0.717) is 15.9 Å². The first-order valence-electron chi connectivity index (χ1n) is 5.78. The van der Waals surface area contributed by atoms with E-state index in [1.165, 1.54) is 17.4 Å². The highest BCUT2D eigenvalue weighted by molar-refractivity contribution is 9.10. The van der Waals surface area contributed by atoms with Gasteiger partial charge in [0, 0.05) is 10.0 Å². The zero-order valence-corrected chi connectivity index (χ0v) is 12.7. The van der Waals surface area contributed by atoms with Crippen molar-refractivity contribution in [2.45, 2.75) is 6.18 Å². The third kappa shape index (κ3) is 2.86. The van der Waals surface area contributed by atoms with E-state index < -0.39 is 11.7 Å². The summed E-state index contributed by atoms with van der Waals surface area (Å²) in [4.78, 5) is 5.13. The van der Waals surface area contributed by atoms with Gasteiger partial charge in [-0.1, -0.05) is 22.0 Å². The van der Waals surface area contributed by atoms with Gasteiger partial charge in [0.1, 0.15) is 0 Å². The van der Waals surface area contributed by atoms with Crippen LogP contribution in [0.4, 0.5) is 13.2 Å². The van der Waals surface area contributed by atoms with E-state index in [9.17, 15) is 13.2 Å². The Kier molecular flexibility index (Phi) is 3.58. The lowest BCUT2D eigenvalue weighted by Crippen LogP contribution is -2.05. The molecule has 1 N–H and O–H groups in total. The van der Waals surface area contributed by atoms with Crippen LogP contribution in [-0.2, 0) is 6.18 Å². The summed E-state index contributed by atoms with van der Waals surface area (Å²) in [6.07, 6.45) is -4.40. The first-order chi connectivity index (χ1) is 9.95. The number of thiophene rings is 1. The first-order valence-corrected chi connectivity index (χ1v) is 7.46. The molecule has 0 saturated carbocycles. The van der Waals surface area contributed by atoms with Crippen LogP contribution in [0.2, 0.25) is 0 Å². The number of H-pyrrole nitrogens is 1. The summed E-state index contributed by atoms with van der Waals surface area (Å²) in [5, 5.41) is 8.63. The summed E-state index contributed by atoms with van der Waals surface area (Å²) < 4.78 is 38.9. The first kappa shape index (κ1) is 14.3. The third-order valence-electron chi connectivity index (χ3n) is 2.77. The Labute approximate surface area is 130 Å². The number of nitrogens with zero attached hydrogens (tertiary/aromatic N) is 2. The molecule has 0 bridgehead atoms. The number of halogens is 4. The van der Waals surface area contributed by atoms with E-state index in [4.69, 9.17) is 0 Å². The van der Waals surface area contributed by atoms with Gasteiger partial charge in [-0.2, -0.15) is 18.3 Å². The number of rotatable bonds is 2. The quantitative estimate of drug-likeness (QED) is 0.687. The average molecular weight is 374 g/mol. The standard InChI is InChI=1S/C13H7BrF3N3S/c14-9-4-3-7(13(15,16)17)6-8(9)11-18-12(20-19-11)10-2-1-5-21-10/h1-6H,(H,18,19,20). The molecule has 0 fully saturated rings. The molecule has 0 radical (unpaired) electrons. The van der Waals surface area contributed by atoms with Crippen LogP contribution in [0.15, 0.2) is 40.2 Å². The molecule has 0 aliphatic rings. The van der Waals surface area contributed by atoms with Crippen molar-refractivity contribution >= 4 is 27.3 Å². The zero-order valence-electron chi connectivity index (χ0n) is 10.3. The van der Waals surface area contributed by atoms with Crippen molar-refractivity contribution in [2.75, 3.05) is 0 Å². The van der Waals surface area contributed by atoms with Crippen molar-refractivity contribution in [3.05, 3.63) is 45.7 Å². The van der Waals surface area contributed by atoms with Gasteiger partial charge < -0.3 is 0 Å². The van der Waals surface area contributed by atoms with Crippen molar-refractivity contribution < 1.29 is 13.2 Å². The van der Waals surface area contributed by atoms with Crippen LogP contribution in [0, 0.1) is 0 Å².